The van der Waals surface area contributed by atoms with Crippen LogP contribution in [0, 0.1) is 0 Å². The van der Waals surface area contributed by atoms with Crippen LogP contribution in [0.15, 0.2) is 0 Å². The zero-order chi connectivity index (χ0) is 8.00. The van der Waals surface area contributed by atoms with Gasteiger partial charge in [0.05, 0.1) is 0 Å². The van der Waals surface area contributed by atoms with E-state index in [2.05, 4.69) is 0 Å². The predicted octanol–water partition coefficient (Wildman–Crippen LogP) is -4.47. The van der Waals surface area contributed by atoms with Crippen molar-refractivity contribution in [2.24, 2.45) is 0 Å². The second kappa shape index (κ2) is 124000. The van der Waals surface area contributed by atoms with Gasteiger partial charge in [0.25, 0.3) is 0 Å². The van der Waals surface area contributed by atoms with Crippen LogP contribution in [0.3, 0.4) is 0 Å². The van der Waals surface area contributed by atoms with Crippen molar-refractivity contribution in [3.05, 3.63) is 0 Å². The van der Waals surface area contributed by atoms with Crippen molar-refractivity contribution in [1.29, 1.82) is 0 Å². The van der Waals surface area contributed by atoms with Crippen LogP contribution in [0.25, 0.3) is 0 Å². The van der Waals surface area contributed by atoms with Gasteiger partial charge in [-0.3, -0.25) is 0 Å². The van der Waals surface area contributed by atoms with E-state index in [4.69, 9.17) is 20.4 Å². The van der Waals surface area contributed by atoms with Crippen molar-refractivity contribution in [3.63, 3.8) is 0 Å². The van der Waals surface area contributed by atoms with Gasteiger partial charge in [-0.1, -0.05) is 0 Å². The molecule has 0 aromatic heterocycles. The van der Waals surface area contributed by atoms with Gasteiger partial charge < -0.3 is 20.4 Å². The van der Waals surface area contributed by atoms with Crippen molar-refractivity contribution in [1.82, 2.24) is 0 Å². The Kier molecular flexibility index (Phi) is 492000. The molecule has 56 valence electrons. The van der Waals surface area contributed by atoms with Crippen LogP contribution in [0.5, 0.6) is 0 Å². The Bertz CT molecular complexity index is 12.5. The Balaban J connectivity index is -0.00000000762. The largest absolute Gasteiger partial charge is 4.00 e. The third-order valence-corrected chi connectivity index (χ3v) is 0. The summed E-state index contributed by atoms with van der Waals surface area (Å²) in [5.74, 6) is 0. The summed E-state index contributed by atoms with van der Waals surface area (Å²) in [6, 6.07) is 0. The average Bonchev–Trinajstić information content (AvgIpc) is 2.03. The van der Waals surface area contributed by atoms with Gasteiger partial charge in [0.1, 0.15) is 0 Å². The van der Waals surface area contributed by atoms with Gasteiger partial charge in [-0.25, -0.2) is 0 Å². The molecule has 0 aromatic carbocycles. The SMILES string of the molecule is C[O-].C[O-].C[O-].C[O-].[Si+4]. The molecule has 0 aliphatic heterocycles. The molecule has 0 amide bonds. The molecule has 0 spiro atoms. The van der Waals surface area contributed by atoms with Crippen molar-refractivity contribution < 1.29 is 20.4 Å². The summed E-state index contributed by atoms with van der Waals surface area (Å²) in [5.41, 5.74) is 0. The van der Waals surface area contributed by atoms with Crippen molar-refractivity contribution >= 4 is 11.0 Å². The molecule has 0 aromatic rings. The molecule has 0 saturated carbocycles. The van der Waals surface area contributed by atoms with Crippen molar-refractivity contribution in [2.45, 2.75) is 0 Å². The Hall–Kier alpha value is 0.0569. The van der Waals surface area contributed by atoms with Crippen molar-refractivity contribution in [3.8, 4) is 0 Å². The molecule has 0 atom stereocenters. The smallest absolute Gasteiger partial charge is 0.857 e. The van der Waals surface area contributed by atoms with Crippen molar-refractivity contribution in [2.75, 3.05) is 28.4 Å². The zero-order valence-corrected chi connectivity index (χ0v) is 7.13. The fraction of sp³-hybridized carbons (Fsp3) is 1.00. The first-order chi connectivity index (χ1) is 4.00. The minimum atomic E-state index is 0. The van der Waals surface area contributed by atoms with Crippen LogP contribution in [-0.2, 0) is 0 Å². The van der Waals surface area contributed by atoms with Crippen LogP contribution in [0.1, 0.15) is 0 Å². The van der Waals surface area contributed by atoms with Gasteiger partial charge in [0.2, 0.25) is 0 Å². The van der Waals surface area contributed by atoms with E-state index in [-0.39, 0.29) is 11.0 Å². The summed E-state index contributed by atoms with van der Waals surface area (Å²) in [7, 11) is 3.00. The van der Waals surface area contributed by atoms with E-state index < -0.39 is 0 Å². The molecule has 9 heavy (non-hydrogen) atoms. The molecule has 0 aliphatic rings. The molecule has 0 aliphatic carbocycles. The normalized spacial score (nSPS) is 2.67. The number of hydrogen-bond donors (Lipinski definition) is 0. The first kappa shape index (κ1) is 35.7. The Morgan fingerprint density at radius 1 is 0.444 bits per heavy atom. The monoisotopic (exact) mass is 152 g/mol. The summed E-state index contributed by atoms with van der Waals surface area (Å²) < 4.78 is 0. The van der Waals surface area contributed by atoms with E-state index in [1.165, 1.54) is 0 Å². The van der Waals surface area contributed by atoms with E-state index >= 15 is 0 Å². The van der Waals surface area contributed by atoms with Gasteiger partial charge in [-0.05, 0) is 0 Å². The summed E-state index contributed by atoms with van der Waals surface area (Å²) in [4.78, 5) is 0. The molecule has 5 heteroatoms. The van der Waals surface area contributed by atoms with E-state index in [0.29, 0.717) is 0 Å². The molecule has 0 heterocycles. The van der Waals surface area contributed by atoms with E-state index in [1.807, 2.05) is 0 Å². The second-order valence-electron chi connectivity index (χ2n) is 0. The number of hydrogen-bond acceptors (Lipinski definition) is 4. The van der Waals surface area contributed by atoms with Crippen LogP contribution < -0.4 is 20.4 Å². The Morgan fingerprint density at radius 2 is 0.444 bits per heavy atom. The maximum absolute atomic E-state index is 8.25. The first-order valence-electron chi connectivity index (χ1n) is 1.63. The molecule has 0 N–H and O–H groups in total. The van der Waals surface area contributed by atoms with Crippen LogP contribution in [0.2, 0.25) is 0 Å². The molecule has 0 bridgehead atoms. The summed E-state index contributed by atoms with van der Waals surface area (Å²) in [6.45, 7) is 0. The Morgan fingerprint density at radius 3 is 0.444 bits per heavy atom. The molecule has 0 unspecified atom stereocenters. The van der Waals surface area contributed by atoms with Gasteiger partial charge in [0, 0.05) is 0 Å². The van der Waals surface area contributed by atoms with Crippen LogP contribution in [-0.4, -0.2) is 39.4 Å². The average molecular weight is 152 g/mol. The maximum atomic E-state index is 8.25. The predicted molar refractivity (Wildman–Crippen MR) is 29.4 cm³/mol. The minimum Gasteiger partial charge on any atom is -0.857 e. The van der Waals surface area contributed by atoms with E-state index in [1.54, 1.807) is 0 Å². The van der Waals surface area contributed by atoms with Gasteiger partial charge in [-0.15, -0.1) is 0 Å². The third kappa shape index (κ3) is 91300. The Labute approximate surface area is 60.8 Å². The van der Waals surface area contributed by atoms with Gasteiger partial charge in [-0.2, -0.15) is 28.4 Å². The quantitative estimate of drug-likeness (QED) is 0.327. The first-order valence-corrected chi connectivity index (χ1v) is 1.63. The van der Waals surface area contributed by atoms with Crippen LogP contribution in [0.4, 0.5) is 0 Å². The molecule has 0 rings (SSSR count). The zero-order valence-electron chi connectivity index (χ0n) is 6.13. The molecule has 4 nitrogen and oxygen atoms in total. The second-order valence-corrected chi connectivity index (χ2v) is 0. The fourth-order valence-corrected chi connectivity index (χ4v) is 0. The fourth-order valence-electron chi connectivity index (χ4n) is 0. The summed E-state index contributed by atoms with van der Waals surface area (Å²) >= 11 is 0. The molecule has 0 radical (unpaired) electrons. The van der Waals surface area contributed by atoms with Gasteiger partial charge >= 0.3 is 11.0 Å². The molecule has 0 saturated heterocycles. The summed E-state index contributed by atoms with van der Waals surface area (Å²) in [6.07, 6.45) is 0. The minimum absolute atomic E-state index is 0. The van der Waals surface area contributed by atoms with E-state index in [9.17, 15) is 0 Å². The maximum Gasteiger partial charge on any atom is 4.00 e. The van der Waals surface area contributed by atoms with Gasteiger partial charge in [0.15, 0.2) is 0 Å². The molecule has 0 fully saturated rings. The molecular weight excluding hydrogens is 140 g/mol. The van der Waals surface area contributed by atoms with E-state index in [0.717, 1.165) is 28.4 Å². The summed E-state index contributed by atoms with van der Waals surface area (Å²) in [5, 5.41) is 33.0. The standard InChI is InChI=1S/4CH3O.Si/c4*1-2;/h4*1H3;/q4*-1;+4. The number of rotatable bonds is 0. The third-order valence-electron chi connectivity index (χ3n) is 0. The van der Waals surface area contributed by atoms with Crippen LogP contribution >= 0.6 is 0 Å². The topological polar surface area (TPSA) is 92.2 Å². The molecular formula is C4H12O4Si.